The minimum absolute atomic E-state index is 0.219. The van der Waals surface area contributed by atoms with Crippen molar-refractivity contribution in [2.45, 2.75) is 20.5 Å². The summed E-state index contributed by atoms with van der Waals surface area (Å²) >= 11 is 0. The van der Waals surface area contributed by atoms with Crippen LogP contribution >= 0.6 is 0 Å². The van der Waals surface area contributed by atoms with Crippen LogP contribution in [0.25, 0.3) is 5.57 Å². The molecular formula is C22H25FN4O2. The average molecular weight is 396 g/mol. The Morgan fingerprint density at radius 3 is 2.41 bits per heavy atom. The average Bonchev–Trinajstić information content (AvgIpc) is 2.72. The van der Waals surface area contributed by atoms with Gasteiger partial charge in [-0.2, -0.15) is 0 Å². The molecule has 2 aromatic carbocycles. The van der Waals surface area contributed by atoms with E-state index in [-0.39, 0.29) is 18.3 Å². The van der Waals surface area contributed by atoms with Crippen molar-refractivity contribution >= 4 is 22.8 Å². The normalized spacial score (nSPS) is 13.4. The highest BCUT2D eigenvalue weighted by Gasteiger charge is 2.14. The number of nitrogens with two attached hydrogens (primary N) is 1. The van der Waals surface area contributed by atoms with E-state index in [1.807, 2.05) is 44.2 Å². The summed E-state index contributed by atoms with van der Waals surface area (Å²) in [7, 11) is 3.04. The lowest BCUT2D eigenvalue weighted by atomic mass is 10.0. The van der Waals surface area contributed by atoms with E-state index >= 15 is 0 Å². The highest BCUT2D eigenvalue weighted by Crippen LogP contribution is 2.15. The Morgan fingerprint density at radius 2 is 1.76 bits per heavy atom. The van der Waals surface area contributed by atoms with Crippen LogP contribution in [-0.4, -0.2) is 31.4 Å². The van der Waals surface area contributed by atoms with E-state index in [1.54, 1.807) is 19.2 Å². The Bertz CT molecular complexity index is 948. The molecule has 0 aromatic heterocycles. The van der Waals surface area contributed by atoms with Gasteiger partial charge < -0.3 is 15.4 Å². The summed E-state index contributed by atoms with van der Waals surface area (Å²) < 4.78 is 13.1. The molecule has 29 heavy (non-hydrogen) atoms. The zero-order valence-electron chi connectivity index (χ0n) is 17.0. The molecule has 0 fully saturated rings. The fraction of sp³-hybridized carbons (Fsp3) is 0.227. The summed E-state index contributed by atoms with van der Waals surface area (Å²) in [5, 5.41) is 8.13. The van der Waals surface area contributed by atoms with Gasteiger partial charge in [-0.3, -0.25) is 4.99 Å². The Morgan fingerprint density at radius 1 is 1.07 bits per heavy atom. The number of allylic oxidation sites excluding steroid dienone is 2. The molecule has 0 saturated carbocycles. The van der Waals surface area contributed by atoms with Crippen LogP contribution in [0, 0.1) is 5.82 Å². The van der Waals surface area contributed by atoms with Gasteiger partial charge in [0.05, 0.1) is 5.71 Å². The third kappa shape index (κ3) is 6.27. The highest BCUT2D eigenvalue weighted by molar-refractivity contribution is 6.47. The second kappa shape index (κ2) is 10.8. The van der Waals surface area contributed by atoms with E-state index in [9.17, 15) is 4.39 Å². The Labute approximate surface area is 170 Å². The van der Waals surface area contributed by atoms with Gasteiger partial charge in [-0.05, 0) is 43.2 Å². The van der Waals surface area contributed by atoms with Gasteiger partial charge in [-0.1, -0.05) is 46.7 Å². The molecule has 0 radical (unpaired) electrons. The van der Waals surface area contributed by atoms with Crippen molar-refractivity contribution in [3.8, 4) is 0 Å². The van der Waals surface area contributed by atoms with Gasteiger partial charge in [0.15, 0.2) is 5.71 Å². The van der Waals surface area contributed by atoms with Crippen LogP contribution in [0.1, 0.15) is 30.5 Å². The van der Waals surface area contributed by atoms with E-state index in [0.717, 1.165) is 22.3 Å². The van der Waals surface area contributed by atoms with E-state index in [4.69, 9.17) is 15.4 Å². The highest BCUT2D eigenvalue weighted by atomic mass is 19.1. The molecule has 0 saturated heterocycles. The third-order valence-corrected chi connectivity index (χ3v) is 4.09. The first-order chi connectivity index (χ1) is 14.0. The summed E-state index contributed by atoms with van der Waals surface area (Å²) in [4.78, 5) is 14.4. The molecule has 2 rings (SSSR count). The number of amidine groups is 1. The van der Waals surface area contributed by atoms with Crippen LogP contribution in [0.3, 0.4) is 0 Å². The fourth-order valence-electron chi connectivity index (χ4n) is 2.65. The maximum Gasteiger partial charge on any atom is 0.152 e. The summed E-state index contributed by atoms with van der Waals surface area (Å²) in [6.45, 7) is 3.98. The van der Waals surface area contributed by atoms with Crippen LogP contribution in [0.5, 0.6) is 0 Å². The first-order valence-corrected chi connectivity index (χ1v) is 8.99. The molecule has 0 atom stereocenters. The molecule has 0 aliphatic rings. The SMILES string of the molecule is CN=C(N)/C(=N/OC)c1ccccc1CO/N=C(C)/C=C(\C)c1ccc(F)cc1. The van der Waals surface area contributed by atoms with Gasteiger partial charge in [0.25, 0.3) is 0 Å². The van der Waals surface area contributed by atoms with Crippen molar-refractivity contribution in [2.24, 2.45) is 21.0 Å². The first kappa shape index (κ1) is 21.8. The Kier molecular flexibility index (Phi) is 8.09. The summed E-state index contributed by atoms with van der Waals surface area (Å²) in [5.74, 6) is -0.00379. The molecule has 0 spiro atoms. The van der Waals surface area contributed by atoms with E-state index in [2.05, 4.69) is 15.3 Å². The molecule has 2 N–H and O–H groups in total. The second-order valence-electron chi connectivity index (χ2n) is 6.23. The van der Waals surface area contributed by atoms with Crippen LogP contribution < -0.4 is 5.73 Å². The monoisotopic (exact) mass is 396 g/mol. The van der Waals surface area contributed by atoms with Crippen molar-refractivity contribution in [2.75, 3.05) is 14.2 Å². The molecule has 0 bridgehead atoms. The minimum Gasteiger partial charge on any atom is -0.399 e. The van der Waals surface area contributed by atoms with E-state index in [1.165, 1.54) is 19.2 Å². The molecule has 0 aliphatic carbocycles. The fourth-order valence-corrected chi connectivity index (χ4v) is 2.65. The topological polar surface area (TPSA) is 81.6 Å². The number of rotatable bonds is 8. The predicted octanol–water partition coefficient (Wildman–Crippen LogP) is 4.16. The van der Waals surface area contributed by atoms with Gasteiger partial charge in [-0.15, -0.1) is 0 Å². The molecule has 0 unspecified atom stereocenters. The van der Waals surface area contributed by atoms with E-state index in [0.29, 0.717) is 11.4 Å². The first-order valence-electron chi connectivity index (χ1n) is 8.99. The standard InChI is InChI=1S/C22H25FN4O2/c1-15(17-9-11-19(23)12-10-17)13-16(2)26-29-14-18-7-5-6-8-20(18)21(27-28-4)22(24)25-3/h5-13H,14H2,1-4H3,(H2,24,25)/b15-13+,26-16+,27-21+. The van der Waals surface area contributed by atoms with Gasteiger partial charge >= 0.3 is 0 Å². The molecule has 2 aromatic rings. The van der Waals surface area contributed by atoms with Gasteiger partial charge in [0.1, 0.15) is 25.4 Å². The van der Waals surface area contributed by atoms with Crippen LogP contribution in [0.4, 0.5) is 4.39 Å². The number of oxime groups is 2. The number of nitrogens with zero attached hydrogens (tertiary/aromatic N) is 3. The molecule has 6 nitrogen and oxygen atoms in total. The van der Waals surface area contributed by atoms with Crippen LogP contribution in [0.2, 0.25) is 0 Å². The number of aliphatic imine (C=N–C) groups is 1. The lowest BCUT2D eigenvalue weighted by Gasteiger charge is -2.10. The largest absolute Gasteiger partial charge is 0.399 e. The summed E-state index contributed by atoms with van der Waals surface area (Å²) in [6.07, 6.45) is 1.87. The minimum atomic E-state index is -0.265. The molecular weight excluding hydrogens is 371 g/mol. The van der Waals surface area contributed by atoms with Gasteiger partial charge in [0.2, 0.25) is 0 Å². The zero-order valence-corrected chi connectivity index (χ0v) is 17.0. The maximum absolute atomic E-state index is 13.1. The Hall–Kier alpha value is -3.48. The van der Waals surface area contributed by atoms with Crippen molar-refractivity contribution < 1.29 is 14.1 Å². The van der Waals surface area contributed by atoms with Crippen molar-refractivity contribution in [1.82, 2.24) is 0 Å². The molecule has 152 valence electrons. The molecule has 0 aliphatic heterocycles. The van der Waals surface area contributed by atoms with Crippen molar-refractivity contribution in [3.63, 3.8) is 0 Å². The number of hydrogen-bond acceptors (Lipinski definition) is 5. The van der Waals surface area contributed by atoms with Gasteiger partial charge in [-0.25, -0.2) is 4.39 Å². The lowest BCUT2D eigenvalue weighted by molar-refractivity contribution is 0.130. The maximum atomic E-state index is 13.1. The van der Waals surface area contributed by atoms with Crippen molar-refractivity contribution in [3.05, 3.63) is 77.1 Å². The quantitative estimate of drug-likeness (QED) is 0.413. The summed E-state index contributed by atoms with van der Waals surface area (Å²) in [6, 6.07) is 13.8. The molecule has 7 heteroatoms. The second-order valence-corrected chi connectivity index (χ2v) is 6.23. The smallest absolute Gasteiger partial charge is 0.152 e. The summed E-state index contributed by atoms with van der Waals surface area (Å²) in [5.41, 5.74) is 10.5. The van der Waals surface area contributed by atoms with E-state index < -0.39 is 0 Å². The third-order valence-electron chi connectivity index (χ3n) is 4.09. The zero-order chi connectivity index (χ0) is 21.2. The predicted molar refractivity (Wildman–Crippen MR) is 115 cm³/mol. The number of hydrogen-bond donors (Lipinski definition) is 1. The molecule has 0 heterocycles. The molecule has 0 amide bonds. The number of benzene rings is 2. The lowest BCUT2D eigenvalue weighted by Crippen LogP contribution is -2.26. The van der Waals surface area contributed by atoms with Crippen LogP contribution in [-0.2, 0) is 16.3 Å². The van der Waals surface area contributed by atoms with Crippen LogP contribution in [0.15, 0.2) is 69.9 Å². The Balaban J connectivity index is 2.15. The number of halogens is 1. The van der Waals surface area contributed by atoms with Crippen molar-refractivity contribution in [1.29, 1.82) is 0 Å². The van der Waals surface area contributed by atoms with Gasteiger partial charge in [0, 0.05) is 18.2 Å².